The van der Waals surface area contributed by atoms with Crippen molar-refractivity contribution >= 4 is 5.91 Å². The van der Waals surface area contributed by atoms with Crippen molar-refractivity contribution in [3.8, 4) is 0 Å². The highest BCUT2D eigenvalue weighted by molar-refractivity contribution is 5.73. The van der Waals surface area contributed by atoms with Crippen LogP contribution in [-0.4, -0.2) is 47.2 Å². The van der Waals surface area contributed by atoms with E-state index in [1.54, 1.807) is 6.92 Å². The highest BCUT2D eigenvalue weighted by Crippen LogP contribution is 2.25. The van der Waals surface area contributed by atoms with Crippen LogP contribution in [0.4, 0.5) is 0 Å². The van der Waals surface area contributed by atoms with Gasteiger partial charge < -0.3 is 20.3 Å². The molecule has 3 N–H and O–H groups in total. The predicted octanol–water partition coefficient (Wildman–Crippen LogP) is -0.484. The average molecular weight is 244 g/mol. The molecule has 8 heteroatoms. The first-order valence-electron chi connectivity index (χ1n) is 5.27. The number of hydrogen-bond acceptors (Lipinski definition) is 5. The Labute approximate surface area is 98.2 Å². The predicted molar refractivity (Wildman–Crippen MR) is 57.7 cm³/mol. The van der Waals surface area contributed by atoms with Gasteiger partial charge in [0.05, 0.1) is 18.8 Å². The number of hydrogen-bond donors (Lipinski definition) is 3. The zero-order valence-electron chi connectivity index (χ0n) is 9.65. The summed E-state index contributed by atoms with van der Waals surface area (Å²) in [6, 6.07) is -0.871. The largest absolute Gasteiger partial charge is 0.390 e. The maximum Gasteiger partial charge on any atom is 0.217 e. The van der Waals surface area contributed by atoms with Gasteiger partial charge in [-0.25, -0.2) is 0 Å². The lowest BCUT2D eigenvalue weighted by molar-refractivity contribution is -0.225. The average Bonchev–Trinajstić information content (AvgIpc) is 2.27. The minimum Gasteiger partial charge on any atom is -0.390 e. The molecule has 1 aliphatic rings. The van der Waals surface area contributed by atoms with Gasteiger partial charge in [-0.2, -0.15) is 0 Å². The molecule has 1 amide bonds. The summed E-state index contributed by atoms with van der Waals surface area (Å²) >= 11 is 0. The van der Waals surface area contributed by atoms with E-state index < -0.39 is 24.5 Å². The van der Waals surface area contributed by atoms with Crippen LogP contribution in [0.15, 0.2) is 5.11 Å². The van der Waals surface area contributed by atoms with Crippen LogP contribution in [0.2, 0.25) is 0 Å². The Morgan fingerprint density at radius 1 is 1.59 bits per heavy atom. The molecule has 8 nitrogen and oxygen atoms in total. The first-order valence-corrected chi connectivity index (χ1v) is 5.27. The number of nitrogens with zero attached hydrogens (tertiary/aromatic N) is 3. The number of carbonyl (C=O) groups is 1. The summed E-state index contributed by atoms with van der Waals surface area (Å²) in [7, 11) is 0. The molecule has 0 aromatic rings. The lowest BCUT2D eigenvalue weighted by Gasteiger charge is -2.41. The highest BCUT2D eigenvalue weighted by atomic mass is 16.6. The van der Waals surface area contributed by atoms with Gasteiger partial charge in [0.25, 0.3) is 0 Å². The molecule has 3 unspecified atom stereocenters. The number of nitrogens with one attached hydrogen (secondary N) is 1. The van der Waals surface area contributed by atoms with Gasteiger partial charge in [0.1, 0.15) is 6.04 Å². The van der Waals surface area contributed by atoms with Crippen molar-refractivity contribution in [1.29, 1.82) is 0 Å². The van der Waals surface area contributed by atoms with Crippen LogP contribution in [0.25, 0.3) is 10.4 Å². The number of aliphatic hydroxyl groups is 2. The number of amides is 1. The maximum absolute atomic E-state index is 10.9. The number of azide groups is 1. The van der Waals surface area contributed by atoms with Crippen LogP contribution in [-0.2, 0) is 9.53 Å². The summed E-state index contributed by atoms with van der Waals surface area (Å²) in [5.41, 5.74) is 8.21. The Hall–Kier alpha value is -1.34. The molecule has 0 bridgehead atoms. The van der Waals surface area contributed by atoms with Gasteiger partial charge in [0, 0.05) is 17.8 Å². The van der Waals surface area contributed by atoms with E-state index in [4.69, 9.17) is 10.3 Å². The van der Waals surface area contributed by atoms with Crippen LogP contribution >= 0.6 is 0 Å². The monoisotopic (exact) mass is 244 g/mol. The third-order valence-corrected chi connectivity index (χ3v) is 2.81. The lowest BCUT2D eigenvalue weighted by Crippen LogP contribution is -2.60. The summed E-state index contributed by atoms with van der Waals surface area (Å²) in [6.45, 7) is 3.01. The number of carbonyl (C=O) groups excluding carboxylic acids is 1. The van der Waals surface area contributed by atoms with Gasteiger partial charge in [-0.3, -0.25) is 4.79 Å². The molecule has 96 valence electrons. The van der Waals surface area contributed by atoms with Crippen molar-refractivity contribution in [2.75, 3.05) is 6.54 Å². The van der Waals surface area contributed by atoms with Gasteiger partial charge in [0.15, 0.2) is 6.29 Å². The smallest absolute Gasteiger partial charge is 0.217 e. The Bertz CT molecular complexity index is 331. The number of aliphatic hydroxyl groups excluding tert-OH is 2. The summed E-state index contributed by atoms with van der Waals surface area (Å²) in [5, 5.41) is 25.3. The molecule has 1 saturated heterocycles. The van der Waals surface area contributed by atoms with Crippen LogP contribution in [0, 0.1) is 5.92 Å². The molecule has 1 aliphatic heterocycles. The van der Waals surface area contributed by atoms with Gasteiger partial charge >= 0.3 is 0 Å². The van der Waals surface area contributed by atoms with Crippen LogP contribution < -0.4 is 5.32 Å². The second-order valence-electron chi connectivity index (χ2n) is 4.05. The molecule has 0 spiro atoms. The van der Waals surface area contributed by atoms with Crippen molar-refractivity contribution in [3.63, 3.8) is 0 Å². The third-order valence-electron chi connectivity index (χ3n) is 2.81. The van der Waals surface area contributed by atoms with Gasteiger partial charge in [0.2, 0.25) is 5.91 Å². The van der Waals surface area contributed by atoms with E-state index in [1.807, 2.05) is 0 Å². The van der Waals surface area contributed by atoms with E-state index >= 15 is 0 Å². The Kier molecular flexibility index (Phi) is 4.71. The van der Waals surface area contributed by atoms with Gasteiger partial charge in [-0.15, -0.1) is 0 Å². The number of ether oxygens (including phenoxy) is 1. The molecular weight excluding hydrogens is 228 g/mol. The summed E-state index contributed by atoms with van der Waals surface area (Å²) in [4.78, 5) is 13.5. The molecule has 0 saturated carbocycles. The van der Waals surface area contributed by atoms with E-state index in [-0.39, 0.29) is 18.4 Å². The fraction of sp³-hybridized carbons (Fsp3) is 0.889. The van der Waals surface area contributed by atoms with E-state index in [0.717, 1.165) is 0 Å². The minimum absolute atomic E-state index is 0.0264. The lowest BCUT2D eigenvalue weighted by atomic mass is 9.89. The Morgan fingerprint density at radius 3 is 2.76 bits per heavy atom. The quantitative estimate of drug-likeness (QED) is 0.351. The fourth-order valence-electron chi connectivity index (χ4n) is 1.82. The molecule has 0 radical (unpaired) electrons. The van der Waals surface area contributed by atoms with E-state index in [1.165, 1.54) is 6.92 Å². The molecule has 5 atom stereocenters. The van der Waals surface area contributed by atoms with Crippen LogP contribution in [0.5, 0.6) is 0 Å². The van der Waals surface area contributed by atoms with Gasteiger partial charge in [-0.05, 0) is 5.53 Å². The first kappa shape index (κ1) is 13.7. The van der Waals surface area contributed by atoms with Crippen molar-refractivity contribution in [2.45, 2.75) is 38.4 Å². The molecule has 0 aromatic heterocycles. The first-order chi connectivity index (χ1) is 7.97. The SMILES string of the molecule is CC(=O)NC1C(O)OC(CN=[N+]=[N-])[C@@H](C)[C@@H]1O. The topological polar surface area (TPSA) is 128 Å². The fourth-order valence-corrected chi connectivity index (χ4v) is 1.82. The Balaban J connectivity index is 2.71. The summed E-state index contributed by atoms with van der Waals surface area (Å²) < 4.78 is 5.20. The molecule has 1 rings (SSSR count). The molecule has 17 heavy (non-hydrogen) atoms. The Morgan fingerprint density at radius 2 is 2.24 bits per heavy atom. The third kappa shape index (κ3) is 3.31. The summed E-state index contributed by atoms with van der Waals surface area (Å²) in [5.74, 6) is -0.724. The zero-order valence-corrected chi connectivity index (χ0v) is 9.65. The second kappa shape index (κ2) is 5.83. The molecule has 0 aliphatic carbocycles. The van der Waals surface area contributed by atoms with Crippen LogP contribution in [0.1, 0.15) is 13.8 Å². The van der Waals surface area contributed by atoms with Crippen molar-refractivity contribution < 1.29 is 19.7 Å². The maximum atomic E-state index is 10.9. The van der Waals surface area contributed by atoms with Crippen molar-refractivity contribution in [3.05, 3.63) is 10.4 Å². The molecule has 0 aromatic carbocycles. The van der Waals surface area contributed by atoms with E-state index in [9.17, 15) is 15.0 Å². The van der Waals surface area contributed by atoms with E-state index in [0.29, 0.717) is 0 Å². The summed E-state index contributed by atoms with van der Waals surface area (Å²) in [6.07, 6.45) is -2.84. The molecule has 1 fully saturated rings. The second-order valence-corrected chi connectivity index (χ2v) is 4.05. The van der Waals surface area contributed by atoms with Gasteiger partial charge in [-0.1, -0.05) is 12.0 Å². The molecule has 1 heterocycles. The zero-order chi connectivity index (χ0) is 13.0. The van der Waals surface area contributed by atoms with Crippen LogP contribution in [0.3, 0.4) is 0 Å². The minimum atomic E-state index is -1.32. The van der Waals surface area contributed by atoms with Crippen molar-refractivity contribution in [2.24, 2.45) is 11.0 Å². The highest BCUT2D eigenvalue weighted by Gasteiger charge is 2.42. The van der Waals surface area contributed by atoms with E-state index in [2.05, 4.69) is 15.3 Å². The standard InChI is InChI=1S/C9H16N4O4/c1-4-6(3-11-13-10)17-9(16)7(8(4)15)12-5(2)14/h4,6-9,15-16H,3H2,1-2H3,(H,12,14)/t4-,6?,7?,8+,9?/m1/s1. The van der Waals surface area contributed by atoms with Crippen molar-refractivity contribution in [1.82, 2.24) is 5.32 Å². The number of rotatable bonds is 3. The normalized spacial score (nSPS) is 37.1. The molecular formula is C9H16N4O4.